The Labute approximate surface area is 251 Å². The number of allylic oxidation sites excluding steroid dienone is 1. The average molecular weight is 567 g/mol. The number of carbonyl (C=O) groups excluding carboxylic acids is 1. The molecule has 0 fully saturated rings. The number of unbranched alkanes of at least 4 members (excludes halogenated alkanes) is 8. The summed E-state index contributed by atoms with van der Waals surface area (Å²) in [6, 6.07) is 21.5. The first-order valence-electron chi connectivity index (χ1n) is 15.7. The van der Waals surface area contributed by atoms with E-state index < -0.39 is 0 Å². The van der Waals surface area contributed by atoms with Crippen molar-refractivity contribution in [2.45, 2.75) is 78.1 Å². The highest BCUT2D eigenvalue weighted by Crippen LogP contribution is 2.43. The number of para-hydroxylation sites is 2. The zero-order valence-electron chi connectivity index (χ0n) is 25.2. The molecule has 6 nitrogen and oxygen atoms in total. The van der Waals surface area contributed by atoms with Crippen molar-refractivity contribution in [3.05, 3.63) is 83.9 Å². The Balaban J connectivity index is 1.73. The third-order valence-corrected chi connectivity index (χ3v) is 7.56. The van der Waals surface area contributed by atoms with Crippen molar-refractivity contribution in [3.63, 3.8) is 0 Å². The molecule has 42 heavy (non-hydrogen) atoms. The number of nitrogens with one attached hydrogen (secondary N) is 3. The van der Waals surface area contributed by atoms with Gasteiger partial charge < -0.3 is 21.1 Å². The van der Waals surface area contributed by atoms with Crippen LogP contribution in [-0.2, 0) is 0 Å². The molecule has 222 valence electrons. The molecule has 0 saturated heterocycles. The Morgan fingerprint density at radius 2 is 1.29 bits per heavy atom. The molecule has 0 bridgehead atoms. The molecule has 0 spiro atoms. The molecular formula is C36H46N4O2. The maximum Gasteiger partial charge on any atom is 0.213 e. The summed E-state index contributed by atoms with van der Waals surface area (Å²) in [7, 11) is 0. The van der Waals surface area contributed by atoms with Gasteiger partial charge in [0.2, 0.25) is 5.78 Å². The number of Topliss-reactive ketones (excluding diaryl/α,β-unsaturated/α-hetero) is 1. The van der Waals surface area contributed by atoms with E-state index >= 15 is 0 Å². The summed E-state index contributed by atoms with van der Waals surface area (Å²) in [5.41, 5.74) is 4.95. The number of aromatic hydroxyl groups is 1. The van der Waals surface area contributed by atoms with Crippen molar-refractivity contribution < 1.29 is 9.90 Å². The molecule has 4 rings (SSSR count). The molecule has 0 amide bonds. The lowest BCUT2D eigenvalue weighted by atomic mass is 9.88. The van der Waals surface area contributed by atoms with Crippen molar-refractivity contribution in [2.75, 3.05) is 29.0 Å². The number of benzene rings is 3. The molecule has 0 aliphatic heterocycles. The summed E-state index contributed by atoms with van der Waals surface area (Å²) in [5, 5.41) is 22.0. The van der Waals surface area contributed by atoms with E-state index in [0.717, 1.165) is 43.6 Å². The second-order valence-corrected chi connectivity index (χ2v) is 11.0. The van der Waals surface area contributed by atoms with Crippen LogP contribution >= 0.6 is 0 Å². The number of hydrogen-bond donors (Lipinski definition) is 4. The molecule has 1 aliphatic rings. The molecule has 0 aromatic heterocycles. The molecule has 3 aromatic rings. The van der Waals surface area contributed by atoms with E-state index in [1.165, 1.54) is 38.5 Å². The molecule has 0 heterocycles. The van der Waals surface area contributed by atoms with Crippen LogP contribution in [0.3, 0.4) is 0 Å². The average Bonchev–Trinajstić information content (AvgIpc) is 3.01. The predicted octanol–water partition coefficient (Wildman–Crippen LogP) is 9.58. The van der Waals surface area contributed by atoms with Crippen molar-refractivity contribution >= 4 is 39.9 Å². The maximum atomic E-state index is 14.0. The third-order valence-electron chi connectivity index (χ3n) is 7.56. The topological polar surface area (TPSA) is 85.8 Å². The van der Waals surface area contributed by atoms with Crippen molar-refractivity contribution in [3.8, 4) is 5.75 Å². The summed E-state index contributed by atoms with van der Waals surface area (Å²) >= 11 is 0. The molecule has 0 atom stereocenters. The molecule has 4 N–H and O–H groups in total. The molecule has 3 aromatic carbocycles. The highest BCUT2D eigenvalue weighted by atomic mass is 16.3. The van der Waals surface area contributed by atoms with Crippen LogP contribution in [0.1, 0.15) is 94.0 Å². The van der Waals surface area contributed by atoms with Crippen molar-refractivity contribution in [1.29, 1.82) is 0 Å². The van der Waals surface area contributed by atoms with E-state index in [4.69, 9.17) is 4.99 Å². The minimum atomic E-state index is -0.183. The summed E-state index contributed by atoms with van der Waals surface area (Å²) in [6.07, 6.45) is 13.2. The van der Waals surface area contributed by atoms with Crippen molar-refractivity contribution in [1.82, 2.24) is 0 Å². The quantitative estimate of drug-likeness (QED) is 0.0742. The zero-order chi connectivity index (χ0) is 29.6. The van der Waals surface area contributed by atoms with Crippen LogP contribution in [0, 0.1) is 0 Å². The number of rotatable bonds is 17. The fourth-order valence-corrected chi connectivity index (χ4v) is 5.24. The van der Waals surface area contributed by atoms with Crippen LogP contribution in [0.25, 0.3) is 5.70 Å². The van der Waals surface area contributed by atoms with Gasteiger partial charge in [0.15, 0.2) is 0 Å². The second kappa shape index (κ2) is 16.4. The number of nitrogens with zero attached hydrogens (tertiary/aromatic N) is 1. The van der Waals surface area contributed by atoms with E-state index in [-0.39, 0.29) is 11.5 Å². The monoisotopic (exact) mass is 566 g/mol. The number of anilines is 4. The molecule has 0 unspecified atom stereocenters. The van der Waals surface area contributed by atoms with Gasteiger partial charge in [0, 0.05) is 24.5 Å². The summed E-state index contributed by atoms with van der Waals surface area (Å²) < 4.78 is 0. The van der Waals surface area contributed by atoms with Crippen molar-refractivity contribution in [2.24, 2.45) is 4.99 Å². The van der Waals surface area contributed by atoms with Gasteiger partial charge >= 0.3 is 0 Å². The number of fused-ring (bicyclic) bond motifs is 1. The zero-order valence-corrected chi connectivity index (χ0v) is 25.2. The lowest BCUT2D eigenvalue weighted by Gasteiger charge is -2.26. The number of phenols is 1. The van der Waals surface area contributed by atoms with E-state index in [1.54, 1.807) is 6.08 Å². The molecule has 1 aliphatic carbocycles. The summed E-state index contributed by atoms with van der Waals surface area (Å²) in [5.74, 6) is -0.115. The van der Waals surface area contributed by atoms with Gasteiger partial charge in [0.1, 0.15) is 11.5 Å². The Morgan fingerprint density at radius 3 is 1.93 bits per heavy atom. The fraction of sp³-hybridized carbons (Fsp3) is 0.389. The number of phenolic OH excluding ortho intramolecular Hbond substituents is 1. The Bertz CT molecular complexity index is 1350. The van der Waals surface area contributed by atoms with Gasteiger partial charge in [-0.3, -0.25) is 9.79 Å². The van der Waals surface area contributed by atoms with Crippen LogP contribution in [0.2, 0.25) is 0 Å². The van der Waals surface area contributed by atoms with Crippen LogP contribution in [-0.4, -0.2) is 29.7 Å². The first-order valence-corrected chi connectivity index (χ1v) is 15.7. The second-order valence-electron chi connectivity index (χ2n) is 11.0. The predicted molar refractivity (Wildman–Crippen MR) is 179 cm³/mol. The highest BCUT2D eigenvalue weighted by Gasteiger charge is 2.32. The van der Waals surface area contributed by atoms with Gasteiger partial charge in [-0.2, -0.15) is 0 Å². The van der Waals surface area contributed by atoms with Crippen LogP contribution in [0.4, 0.5) is 22.7 Å². The van der Waals surface area contributed by atoms with E-state index in [9.17, 15) is 9.90 Å². The van der Waals surface area contributed by atoms with Crippen LogP contribution < -0.4 is 16.0 Å². The number of hydrogen-bond acceptors (Lipinski definition) is 6. The smallest absolute Gasteiger partial charge is 0.213 e. The summed E-state index contributed by atoms with van der Waals surface area (Å²) in [4.78, 5) is 18.8. The first kappa shape index (κ1) is 30.9. The first-order chi connectivity index (χ1) is 20.6. The van der Waals surface area contributed by atoms with E-state index in [0.29, 0.717) is 40.5 Å². The van der Waals surface area contributed by atoms with Gasteiger partial charge in [0.25, 0.3) is 0 Å². The minimum absolute atomic E-state index is 0.0683. The third kappa shape index (κ3) is 8.48. The van der Waals surface area contributed by atoms with Gasteiger partial charge in [0.05, 0.1) is 28.2 Å². The van der Waals surface area contributed by atoms with Crippen LogP contribution in [0.15, 0.2) is 77.8 Å². The van der Waals surface area contributed by atoms with Gasteiger partial charge in [-0.15, -0.1) is 0 Å². The molecular weight excluding hydrogens is 520 g/mol. The van der Waals surface area contributed by atoms with Gasteiger partial charge in [-0.25, -0.2) is 0 Å². The highest BCUT2D eigenvalue weighted by molar-refractivity contribution is 6.54. The lowest BCUT2D eigenvalue weighted by molar-refractivity contribution is 0.106. The lowest BCUT2D eigenvalue weighted by Crippen LogP contribution is -2.24. The van der Waals surface area contributed by atoms with E-state index in [1.807, 2.05) is 66.7 Å². The van der Waals surface area contributed by atoms with Gasteiger partial charge in [-0.05, 0) is 49.2 Å². The maximum absolute atomic E-state index is 14.0. The van der Waals surface area contributed by atoms with Gasteiger partial charge in [-0.1, -0.05) is 102 Å². The molecule has 0 radical (unpaired) electrons. The molecule has 6 heteroatoms. The fourth-order valence-electron chi connectivity index (χ4n) is 5.24. The Kier molecular flexibility index (Phi) is 12.1. The number of aliphatic imine (C=N–C) groups is 1. The standard InChI is InChI=1S/C36H46N4O2/c1-3-5-7-9-17-23-37-31-25-29(39-27-19-13-11-14-20-27)34-33(35(31)41)30(40-28-21-15-12-16-22-28)26-32(36(34)42)38-24-18-10-8-6-4-2/h11-16,19-22,25-26,37,39-41H,3-10,17-18,23-24H2,1-2H3. The Morgan fingerprint density at radius 1 is 0.690 bits per heavy atom. The van der Waals surface area contributed by atoms with E-state index in [2.05, 4.69) is 29.8 Å². The molecule has 0 saturated carbocycles. The Hall–Kier alpha value is -4.06. The van der Waals surface area contributed by atoms with Crippen LogP contribution in [0.5, 0.6) is 5.75 Å². The normalized spacial score (nSPS) is 13.5. The summed E-state index contributed by atoms with van der Waals surface area (Å²) in [6.45, 7) is 5.75. The number of ketones is 1. The largest absolute Gasteiger partial charge is 0.505 e. The number of carbonyl (C=O) groups is 1. The SMILES string of the molecule is CCCCCCCN=C1C=C(Nc2ccccc2)c2c(O)c(NCCCCCCC)cc(Nc3ccccc3)c2C1=O. The minimum Gasteiger partial charge on any atom is -0.505 e.